The van der Waals surface area contributed by atoms with Gasteiger partial charge in [-0.15, -0.1) is 0 Å². The summed E-state index contributed by atoms with van der Waals surface area (Å²) >= 11 is 11.1. The van der Waals surface area contributed by atoms with Crippen LogP contribution in [0.2, 0.25) is 10.0 Å². The third-order valence-electron chi connectivity index (χ3n) is 2.53. The van der Waals surface area contributed by atoms with Gasteiger partial charge in [-0.1, -0.05) is 23.2 Å². The van der Waals surface area contributed by atoms with E-state index in [1.807, 2.05) is 4.90 Å². The first-order valence-corrected chi connectivity index (χ1v) is 5.45. The van der Waals surface area contributed by atoms with Crippen molar-refractivity contribution < 1.29 is 8.78 Å². The van der Waals surface area contributed by atoms with Gasteiger partial charge in [0, 0.05) is 13.1 Å². The second-order valence-electron chi connectivity index (χ2n) is 3.51. The molecule has 0 spiro atoms. The molecule has 0 aliphatic carbocycles. The summed E-state index contributed by atoms with van der Waals surface area (Å²) in [5.74, 6) is -1.61. The highest BCUT2D eigenvalue weighted by molar-refractivity contribution is 6.35. The molecular weight excluding hydrogens is 243 g/mol. The van der Waals surface area contributed by atoms with Crippen molar-refractivity contribution >= 4 is 28.9 Å². The van der Waals surface area contributed by atoms with Crippen LogP contribution < -0.4 is 4.90 Å². The largest absolute Gasteiger partial charge is 0.369 e. The van der Waals surface area contributed by atoms with Gasteiger partial charge in [-0.05, 0) is 18.9 Å². The zero-order chi connectivity index (χ0) is 11.0. The van der Waals surface area contributed by atoms with Crippen molar-refractivity contribution in [2.24, 2.45) is 0 Å². The minimum absolute atomic E-state index is 0.136. The predicted molar refractivity (Wildman–Crippen MR) is 57.8 cm³/mol. The van der Waals surface area contributed by atoms with E-state index in [2.05, 4.69) is 0 Å². The smallest absolute Gasteiger partial charge is 0.168 e. The van der Waals surface area contributed by atoms with Crippen molar-refractivity contribution in [1.82, 2.24) is 0 Å². The van der Waals surface area contributed by atoms with Crippen LogP contribution in [0.3, 0.4) is 0 Å². The Balaban J connectivity index is 2.47. The van der Waals surface area contributed by atoms with Crippen molar-refractivity contribution in [1.29, 1.82) is 0 Å². The van der Waals surface area contributed by atoms with Crippen LogP contribution in [0.4, 0.5) is 14.5 Å². The highest BCUT2D eigenvalue weighted by Crippen LogP contribution is 2.34. The molecule has 1 saturated heterocycles. The molecule has 1 aliphatic rings. The van der Waals surface area contributed by atoms with Crippen molar-refractivity contribution in [3.63, 3.8) is 0 Å². The average molecular weight is 252 g/mol. The summed E-state index contributed by atoms with van der Waals surface area (Å²) in [6, 6.07) is 1.30. The molecule has 1 heterocycles. The van der Waals surface area contributed by atoms with Crippen LogP contribution in [-0.4, -0.2) is 13.1 Å². The van der Waals surface area contributed by atoms with Crippen molar-refractivity contribution in [2.75, 3.05) is 18.0 Å². The molecule has 0 unspecified atom stereocenters. The fourth-order valence-corrected chi connectivity index (χ4v) is 2.19. The molecule has 0 radical (unpaired) electrons. The summed E-state index contributed by atoms with van der Waals surface area (Å²) in [7, 11) is 0. The first-order chi connectivity index (χ1) is 7.11. The second-order valence-corrected chi connectivity index (χ2v) is 4.30. The molecular formula is C10H9Cl2F2N. The number of anilines is 1. The third-order valence-corrected chi connectivity index (χ3v) is 3.14. The van der Waals surface area contributed by atoms with Crippen molar-refractivity contribution in [2.45, 2.75) is 12.8 Å². The van der Waals surface area contributed by atoms with E-state index in [1.165, 1.54) is 6.07 Å². The van der Waals surface area contributed by atoms with Crippen molar-refractivity contribution in [3.8, 4) is 0 Å². The minimum Gasteiger partial charge on any atom is -0.369 e. The fourth-order valence-electron chi connectivity index (χ4n) is 1.75. The van der Waals surface area contributed by atoms with Gasteiger partial charge in [0.05, 0.1) is 10.7 Å². The summed E-state index contributed by atoms with van der Waals surface area (Å²) in [4.78, 5) is 1.83. The average Bonchev–Trinajstić information content (AvgIpc) is 2.73. The maximum atomic E-state index is 13.6. The maximum Gasteiger partial charge on any atom is 0.168 e. The molecule has 0 saturated carbocycles. The standard InChI is InChI=1S/C10H9Cl2F2N/c11-6-5-7(15-3-1-2-4-15)10(14)8(12)9(6)13/h5H,1-4H2. The SMILES string of the molecule is Fc1c(Cl)cc(N2CCCC2)c(F)c1Cl. The van der Waals surface area contributed by atoms with E-state index in [0.29, 0.717) is 5.69 Å². The van der Waals surface area contributed by atoms with E-state index >= 15 is 0 Å². The molecule has 0 bridgehead atoms. The van der Waals surface area contributed by atoms with Crippen LogP contribution in [-0.2, 0) is 0 Å². The monoisotopic (exact) mass is 251 g/mol. The van der Waals surface area contributed by atoms with Gasteiger partial charge < -0.3 is 4.90 Å². The van der Waals surface area contributed by atoms with Gasteiger partial charge in [-0.2, -0.15) is 0 Å². The summed E-state index contributed by atoms with van der Waals surface area (Å²) in [5.41, 5.74) is 0.295. The van der Waals surface area contributed by atoms with Gasteiger partial charge in [-0.3, -0.25) is 0 Å². The number of hydrogen-bond acceptors (Lipinski definition) is 1. The van der Waals surface area contributed by atoms with Crippen LogP contribution >= 0.6 is 23.2 Å². The first-order valence-electron chi connectivity index (χ1n) is 4.69. The Labute approximate surface area is 96.6 Å². The van der Waals surface area contributed by atoms with E-state index in [0.717, 1.165) is 25.9 Å². The molecule has 1 aliphatic heterocycles. The van der Waals surface area contributed by atoms with Gasteiger partial charge in [0.1, 0.15) is 5.02 Å². The van der Waals surface area contributed by atoms with Crippen molar-refractivity contribution in [3.05, 3.63) is 27.7 Å². The molecule has 0 amide bonds. The Morgan fingerprint density at radius 1 is 1.07 bits per heavy atom. The quantitative estimate of drug-likeness (QED) is 0.541. The lowest BCUT2D eigenvalue weighted by atomic mass is 10.2. The van der Waals surface area contributed by atoms with Crippen LogP contribution in [0.15, 0.2) is 6.07 Å². The van der Waals surface area contributed by atoms with Gasteiger partial charge in [0.25, 0.3) is 0 Å². The lowest BCUT2D eigenvalue weighted by molar-refractivity contribution is 0.582. The lowest BCUT2D eigenvalue weighted by Gasteiger charge is -2.19. The third kappa shape index (κ3) is 1.91. The van der Waals surface area contributed by atoms with Gasteiger partial charge in [-0.25, -0.2) is 8.78 Å². The van der Waals surface area contributed by atoms with Crippen LogP contribution in [0.1, 0.15) is 12.8 Å². The number of hydrogen-bond donors (Lipinski definition) is 0. The molecule has 15 heavy (non-hydrogen) atoms. The molecule has 5 heteroatoms. The van der Waals surface area contributed by atoms with E-state index < -0.39 is 16.7 Å². The number of benzene rings is 1. The highest BCUT2D eigenvalue weighted by atomic mass is 35.5. The Kier molecular flexibility index (Phi) is 3.03. The van der Waals surface area contributed by atoms with Gasteiger partial charge in [0.2, 0.25) is 0 Å². The molecule has 0 aromatic heterocycles. The van der Waals surface area contributed by atoms with Crippen LogP contribution in [0, 0.1) is 11.6 Å². The molecule has 1 fully saturated rings. The molecule has 1 aromatic carbocycles. The van der Waals surface area contributed by atoms with E-state index in [9.17, 15) is 8.78 Å². The number of rotatable bonds is 1. The van der Waals surface area contributed by atoms with Crippen LogP contribution in [0.25, 0.3) is 0 Å². The predicted octanol–water partition coefficient (Wildman–Crippen LogP) is 3.87. The Bertz CT molecular complexity index is 389. The number of nitrogens with zero attached hydrogens (tertiary/aromatic N) is 1. The van der Waals surface area contributed by atoms with Gasteiger partial charge >= 0.3 is 0 Å². The normalized spacial score (nSPS) is 16.1. The topological polar surface area (TPSA) is 3.24 Å². The number of halogens is 4. The van der Waals surface area contributed by atoms with E-state index in [1.54, 1.807) is 0 Å². The lowest BCUT2D eigenvalue weighted by Crippen LogP contribution is -2.19. The molecule has 0 N–H and O–H groups in total. The molecule has 1 aromatic rings. The Morgan fingerprint density at radius 2 is 1.67 bits per heavy atom. The summed E-state index contributed by atoms with van der Waals surface area (Å²) < 4.78 is 26.8. The van der Waals surface area contributed by atoms with Gasteiger partial charge in [0.15, 0.2) is 11.6 Å². The Morgan fingerprint density at radius 3 is 2.27 bits per heavy atom. The molecule has 82 valence electrons. The molecule has 1 nitrogen and oxygen atoms in total. The van der Waals surface area contributed by atoms with E-state index in [4.69, 9.17) is 23.2 Å². The summed E-state index contributed by atoms with van der Waals surface area (Å²) in [6.07, 6.45) is 2.01. The minimum atomic E-state index is -0.890. The second kappa shape index (κ2) is 4.14. The zero-order valence-electron chi connectivity index (χ0n) is 7.86. The maximum absolute atomic E-state index is 13.6. The summed E-state index contributed by atoms with van der Waals surface area (Å²) in [5, 5.41) is -0.660. The summed E-state index contributed by atoms with van der Waals surface area (Å²) in [6.45, 7) is 1.52. The first kappa shape index (κ1) is 11.0. The van der Waals surface area contributed by atoms with E-state index in [-0.39, 0.29) is 5.02 Å². The molecule has 2 rings (SSSR count). The Hall–Kier alpha value is -0.540. The highest BCUT2D eigenvalue weighted by Gasteiger charge is 2.22. The zero-order valence-corrected chi connectivity index (χ0v) is 9.38. The fraction of sp³-hybridized carbons (Fsp3) is 0.400. The molecule has 0 atom stereocenters. The van der Waals surface area contributed by atoms with Crippen LogP contribution in [0.5, 0.6) is 0 Å².